The zero-order valence-electron chi connectivity index (χ0n) is 17.7. The third-order valence-corrected chi connectivity index (χ3v) is 5.75. The molecule has 10 heteroatoms. The molecule has 0 radical (unpaired) electrons. The van der Waals surface area contributed by atoms with E-state index in [0.29, 0.717) is 59.8 Å². The van der Waals surface area contributed by atoms with Crippen molar-refractivity contribution in [2.75, 3.05) is 26.2 Å². The second-order valence-corrected chi connectivity index (χ2v) is 7.91. The van der Waals surface area contributed by atoms with E-state index in [4.69, 9.17) is 9.15 Å². The van der Waals surface area contributed by atoms with Crippen molar-refractivity contribution in [1.29, 1.82) is 0 Å². The molecule has 4 aromatic rings. The summed E-state index contributed by atoms with van der Waals surface area (Å²) in [5.74, 6) is -1.50. The van der Waals surface area contributed by atoms with Gasteiger partial charge in [-0.05, 0) is 30.3 Å². The smallest absolute Gasteiger partial charge is 0.250 e. The quantitative estimate of drug-likeness (QED) is 0.337. The molecule has 33 heavy (non-hydrogen) atoms. The van der Waals surface area contributed by atoms with Crippen molar-refractivity contribution in [3.63, 3.8) is 0 Å². The Balaban J connectivity index is 0.00000259. The largest absolute Gasteiger partial charge is 0.492 e. The molecule has 4 heterocycles. The molecule has 0 aliphatic carbocycles. The first-order chi connectivity index (χ1) is 15.5. The minimum Gasteiger partial charge on any atom is -0.492 e. The fraction of sp³-hybridized carbons (Fsp3) is 0.304. The number of halogens is 3. The van der Waals surface area contributed by atoms with Crippen molar-refractivity contribution >= 4 is 28.9 Å². The maximum atomic E-state index is 13.3. The van der Waals surface area contributed by atoms with Crippen LogP contribution in [0.4, 0.5) is 8.78 Å². The Morgan fingerprint density at radius 1 is 1.18 bits per heavy atom. The number of alkyl halides is 2. The predicted molar refractivity (Wildman–Crippen MR) is 121 cm³/mol. The minimum absolute atomic E-state index is 0. The fourth-order valence-electron chi connectivity index (χ4n) is 3.90. The number of likely N-dealkylation sites (tertiary alicyclic amines) is 1. The van der Waals surface area contributed by atoms with E-state index in [1.807, 2.05) is 33.8 Å². The Kier molecular flexibility index (Phi) is 6.53. The molecule has 174 valence electrons. The van der Waals surface area contributed by atoms with Crippen LogP contribution >= 0.6 is 12.4 Å². The van der Waals surface area contributed by atoms with Gasteiger partial charge in [-0.2, -0.15) is 0 Å². The molecule has 0 unspecified atom stereocenters. The van der Waals surface area contributed by atoms with Crippen LogP contribution in [-0.2, 0) is 0 Å². The number of ether oxygens (including phenoxy) is 1. The molecule has 3 aromatic heterocycles. The molecule has 5 rings (SSSR count). The number of benzene rings is 1. The highest BCUT2D eigenvalue weighted by atomic mass is 35.5. The van der Waals surface area contributed by atoms with Gasteiger partial charge >= 0.3 is 0 Å². The average molecular weight is 477 g/mol. The predicted octanol–water partition coefficient (Wildman–Crippen LogP) is 4.57. The lowest BCUT2D eigenvalue weighted by Crippen LogP contribution is -2.41. The van der Waals surface area contributed by atoms with Gasteiger partial charge in [0.2, 0.25) is 0 Å². The molecule has 1 aliphatic heterocycles. The Morgan fingerprint density at radius 2 is 2.00 bits per heavy atom. The van der Waals surface area contributed by atoms with Crippen LogP contribution < -0.4 is 10.1 Å². The molecule has 0 saturated carbocycles. The molecule has 0 amide bonds. The number of hydrogen-bond acceptors (Lipinski definition) is 6. The summed E-state index contributed by atoms with van der Waals surface area (Å²) in [5, 5.41) is 13.9. The molecule has 0 spiro atoms. The SMILES string of the molecule is Cl.O/N=c1/cc(-c2cn3cccc3cn2)oc2ccc(OCCN3CCC(F)(F)CC3)cc12. The summed E-state index contributed by atoms with van der Waals surface area (Å²) in [7, 11) is 0. The van der Waals surface area contributed by atoms with E-state index in [2.05, 4.69) is 10.1 Å². The van der Waals surface area contributed by atoms with E-state index in [1.54, 1.807) is 30.5 Å². The molecule has 1 fully saturated rings. The normalized spacial score (nSPS) is 16.7. The van der Waals surface area contributed by atoms with Gasteiger partial charge in [0.1, 0.15) is 29.0 Å². The number of nitrogens with zero attached hydrogens (tertiary/aromatic N) is 4. The number of hydrogen-bond donors (Lipinski definition) is 1. The maximum Gasteiger partial charge on any atom is 0.250 e. The van der Waals surface area contributed by atoms with Crippen LogP contribution in [0.1, 0.15) is 12.8 Å². The van der Waals surface area contributed by atoms with Crippen LogP contribution in [0, 0.1) is 0 Å². The van der Waals surface area contributed by atoms with Crippen LogP contribution in [-0.4, -0.2) is 51.7 Å². The minimum atomic E-state index is -2.55. The first kappa shape index (κ1) is 23.0. The van der Waals surface area contributed by atoms with Crippen LogP contribution in [0.15, 0.2) is 64.6 Å². The van der Waals surface area contributed by atoms with Gasteiger partial charge in [0.05, 0.1) is 17.1 Å². The second kappa shape index (κ2) is 9.36. The van der Waals surface area contributed by atoms with Crippen molar-refractivity contribution in [1.82, 2.24) is 14.3 Å². The number of piperidine rings is 1. The van der Waals surface area contributed by atoms with Crippen molar-refractivity contribution in [3.8, 4) is 17.2 Å². The number of aromatic nitrogens is 2. The molecular formula is C23H23ClF2N4O3. The monoisotopic (exact) mass is 476 g/mol. The Labute approximate surface area is 194 Å². The second-order valence-electron chi connectivity index (χ2n) is 7.91. The fourth-order valence-corrected chi connectivity index (χ4v) is 3.90. The van der Waals surface area contributed by atoms with Crippen LogP contribution in [0.25, 0.3) is 27.9 Å². The van der Waals surface area contributed by atoms with Crippen LogP contribution in [0.5, 0.6) is 5.75 Å². The molecule has 1 N–H and O–H groups in total. The van der Waals surface area contributed by atoms with Crippen molar-refractivity contribution in [3.05, 3.63) is 60.3 Å². The van der Waals surface area contributed by atoms with Crippen molar-refractivity contribution < 1.29 is 23.1 Å². The third kappa shape index (κ3) is 4.94. The topological polar surface area (TPSA) is 75.5 Å². The van der Waals surface area contributed by atoms with E-state index in [-0.39, 0.29) is 25.2 Å². The maximum absolute atomic E-state index is 13.3. The lowest BCUT2D eigenvalue weighted by atomic mass is 10.1. The van der Waals surface area contributed by atoms with Gasteiger partial charge in [0.15, 0.2) is 5.76 Å². The molecule has 7 nitrogen and oxygen atoms in total. The zero-order chi connectivity index (χ0) is 22.1. The van der Waals surface area contributed by atoms with Gasteiger partial charge in [-0.15, -0.1) is 12.4 Å². The summed E-state index contributed by atoms with van der Waals surface area (Å²) in [6.07, 6.45) is 5.28. The third-order valence-electron chi connectivity index (χ3n) is 5.75. The summed E-state index contributed by atoms with van der Waals surface area (Å²) < 4.78 is 40.3. The van der Waals surface area contributed by atoms with E-state index < -0.39 is 5.92 Å². The Morgan fingerprint density at radius 3 is 2.79 bits per heavy atom. The van der Waals surface area contributed by atoms with Gasteiger partial charge in [0, 0.05) is 50.9 Å². The van der Waals surface area contributed by atoms with Crippen LogP contribution in [0.3, 0.4) is 0 Å². The van der Waals surface area contributed by atoms with Gasteiger partial charge in [-0.1, -0.05) is 5.16 Å². The Bertz CT molecular complexity index is 1330. The number of rotatable bonds is 5. The molecule has 1 aromatic carbocycles. The molecule has 0 bridgehead atoms. The standard InChI is InChI=1S/C23H22F2N4O3.ClH/c24-23(25)5-8-28(9-6-23)10-11-31-17-3-4-21-18(12-17)19(27-30)13-22(32-21)20-15-29-7-1-2-16(29)14-26-20;/h1-4,7,12-15,30H,5-6,8-11H2;1H/b27-19-;. The van der Waals surface area contributed by atoms with Gasteiger partial charge in [-0.25, -0.2) is 13.8 Å². The Hall–Kier alpha value is -3.17. The highest BCUT2D eigenvalue weighted by molar-refractivity contribution is 5.85. The van der Waals surface area contributed by atoms with Crippen molar-refractivity contribution in [2.24, 2.45) is 5.16 Å². The van der Waals surface area contributed by atoms with Gasteiger partial charge < -0.3 is 18.8 Å². The van der Waals surface area contributed by atoms with E-state index in [1.165, 1.54) is 0 Å². The van der Waals surface area contributed by atoms with E-state index in [0.717, 1.165) is 5.52 Å². The first-order valence-corrected chi connectivity index (χ1v) is 10.4. The summed E-state index contributed by atoms with van der Waals surface area (Å²) in [6.45, 7) is 1.68. The zero-order valence-corrected chi connectivity index (χ0v) is 18.5. The van der Waals surface area contributed by atoms with Crippen LogP contribution in [0.2, 0.25) is 0 Å². The molecule has 0 atom stereocenters. The average Bonchev–Trinajstić information content (AvgIpc) is 3.27. The van der Waals surface area contributed by atoms with E-state index >= 15 is 0 Å². The van der Waals surface area contributed by atoms with Crippen molar-refractivity contribution in [2.45, 2.75) is 18.8 Å². The summed E-state index contributed by atoms with van der Waals surface area (Å²) >= 11 is 0. The van der Waals surface area contributed by atoms with Gasteiger partial charge in [-0.3, -0.25) is 4.90 Å². The molecule has 1 saturated heterocycles. The molecule has 1 aliphatic rings. The lowest BCUT2D eigenvalue weighted by molar-refractivity contribution is -0.0564. The summed E-state index contributed by atoms with van der Waals surface area (Å²) in [6, 6.07) is 10.8. The van der Waals surface area contributed by atoms with Gasteiger partial charge in [0.25, 0.3) is 5.92 Å². The number of fused-ring (bicyclic) bond motifs is 2. The summed E-state index contributed by atoms with van der Waals surface area (Å²) in [5.41, 5.74) is 2.09. The first-order valence-electron chi connectivity index (χ1n) is 10.4. The van der Waals surface area contributed by atoms with E-state index in [9.17, 15) is 14.0 Å². The summed E-state index contributed by atoms with van der Waals surface area (Å²) in [4.78, 5) is 6.40. The molecular weight excluding hydrogens is 454 g/mol. The highest BCUT2D eigenvalue weighted by Crippen LogP contribution is 2.28. The lowest BCUT2D eigenvalue weighted by Gasteiger charge is -2.31. The highest BCUT2D eigenvalue weighted by Gasteiger charge is 2.33.